The fraction of sp³-hybridized carbons (Fsp3) is 0.412. The highest BCUT2D eigenvalue weighted by atomic mass is 16.2. The Morgan fingerprint density at radius 3 is 2.55 bits per heavy atom. The van der Waals surface area contributed by atoms with Crippen molar-refractivity contribution < 1.29 is 4.79 Å². The van der Waals surface area contributed by atoms with Crippen LogP contribution in [0.1, 0.15) is 32.4 Å². The van der Waals surface area contributed by atoms with Gasteiger partial charge >= 0.3 is 0 Å². The molecule has 2 aromatic rings. The third kappa shape index (κ3) is 3.95. The average Bonchev–Trinajstić information content (AvgIpc) is 2.95. The van der Waals surface area contributed by atoms with Crippen LogP contribution >= 0.6 is 0 Å². The smallest absolute Gasteiger partial charge is 0.242 e. The molecule has 0 saturated heterocycles. The molecule has 1 aromatic heterocycles. The van der Waals surface area contributed by atoms with E-state index in [2.05, 4.69) is 22.5 Å². The molecule has 22 heavy (non-hydrogen) atoms. The first kappa shape index (κ1) is 16.2. The normalized spacial score (nSPS) is 12.6. The van der Waals surface area contributed by atoms with Gasteiger partial charge in [-0.3, -0.25) is 9.69 Å². The van der Waals surface area contributed by atoms with Gasteiger partial charge in [0.1, 0.15) is 5.82 Å². The third-order valence-electron chi connectivity index (χ3n) is 3.73. The molecule has 0 radical (unpaired) electrons. The number of hydrogen-bond acceptors (Lipinski definition) is 3. The molecule has 0 unspecified atom stereocenters. The molecule has 0 aliphatic heterocycles. The number of nitrogens with zero attached hydrogens (tertiary/aromatic N) is 3. The van der Waals surface area contributed by atoms with Gasteiger partial charge < -0.3 is 5.32 Å². The Morgan fingerprint density at radius 1 is 1.23 bits per heavy atom. The van der Waals surface area contributed by atoms with E-state index in [0.717, 1.165) is 12.4 Å². The quantitative estimate of drug-likeness (QED) is 0.892. The van der Waals surface area contributed by atoms with Gasteiger partial charge in [-0.25, -0.2) is 4.68 Å². The standard InChI is InChI=1S/C17H24N4O/c1-13(2)21-16(10-11-18-21)19-17(22)14(3)20(4)12-15-8-6-5-7-9-15/h5-11,13-14H,12H2,1-4H3,(H,19,22)/t14-/m0/s1. The molecule has 0 aliphatic rings. The Labute approximate surface area is 131 Å². The van der Waals surface area contributed by atoms with Crippen LogP contribution in [-0.4, -0.2) is 33.7 Å². The van der Waals surface area contributed by atoms with Gasteiger partial charge in [0.25, 0.3) is 0 Å². The summed E-state index contributed by atoms with van der Waals surface area (Å²) >= 11 is 0. The van der Waals surface area contributed by atoms with Gasteiger partial charge in [0.2, 0.25) is 5.91 Å². The van der Waals surface area contributed by atoms with Gasteiger partial charge in [-0.2, -0.15) is 5.10 Å². The summed E-state index contributed by atoms with van der Waals surface area (Å²) in [6, 6.07) is 11.9. The maximum atomic E-state index is 12.4. The van der Waals surface area contributed by atoms with Crippen molar-refractivity contribution >= 4 is 11.7 Å². The molecule has 0 aliphatic carbocycles. The molecular formula is C17H24N4O. The molecule has 1 atom stereocenters. The zero-order chi connectivity index (χ0) is 16.1. The monoisotopic (exact) mass is 300 g/mol. The fourth-order valence-electron chi connectivity index (χ4n) is 2.26. The predicted molar refractivity (Wildman–Crippen MR) is 88.6 cm³/mol. The molecule has 1 amide bonds. The lowest BCUT2D eigenvalue weighted by atomic mass is 10.2. The van der Waals surface area contributed by atoms with Crippen LogP contribution in [0.5, 0.6) is 0 Å². The summed E-state index contributed by atoms with van der Waals surface area (Å²) in [4.78, 5) is 14.5. The Bertz CT molecular complexity index is 606. The average molecular weight is 300 g/mol. The topological polar surface area (TPSA) is 50.2 Å². The van der Waals surface area contributed by atoms with Crippen LogP contribution in [0.3, 0.4) is 0 Å². The molecule has 1 heterocycles. The minimum absolute atomic E-state index is 0.0270. The maximum absolute atomic E-state index is 12.4. The van der Waals surface area contributed by atoms with Crippen molar-refractivity contribution in [1.82, 2.24) is 14.7 Å². The first-order chi connectivity index (χ1) is 10.5. The number of hydrogen-bond donors (Lipinski definition) is 1. The van der Waals surface area contributed by atoms with E-state index in [1.54, 1.807) is 6.20 Å². The molecule has 5 heteroatoms. The van der Waals surface area contributed by atoms with Crippen LogP contribution in [0.4, 0.5) is 5.82 Å². The number of aromatic nitrogens is 2. The van der Waals surface area contributed by atoms with Crippen LogP contribution in [-0.2, 0) is 11.3 Å². The van der Waals surface area contributed by atoms with Crippen molar-refractivity contribution in [2.45, 2.75) is 39.4 Å². The Kier molecular flexibility index (Phi) is 5.33. The van der Waals surface area contributed by atoms with Gasteiger partial charge in [0.15, 0.2) is 0 Å². The van der Waals surface area contributed by atoms with Crippen molar-refractivity contribution in [2.75, 3.05) is 12.4 Å². The van der Waals surface area contributed by atoms with Crippen LogP contribution < -0.4 is 5.32 Å². The number of nitrogens with one attached hydrogen (secondary N) is 1. The molecule has 0 fully saturated rings. The van der Waals surface area contributed by atoms with Gasteiger partial charge in [0, 0.05) is 18.7 Å². The van der Waals surface area contributed by atoms with Gasteiger partial charge in [-0.05, 0) is 33.4 Å². The highest BCUT2D eigenvalue weighted by Gasteiger charge is 2.19. The minimum Gasteiger partial charge on any atom is -0.310 e. The van der Waals surface area contributed by atoms with Crippen molar-refractivity contribution in [3.05, 3.63) is 48.2 Å². The number of amides is 1. The molecule has 1 N–H and O–H groups in total. The summed E-state index contributed by atoms with van der Waals surface area (Å²) in [7, 11) is 1.96. The van der Waals surface area contributed by atoms with E-state index in [9.17, 15) is 4.79 Å². The molecule has 2 rings (SSSR count). The van der Waals surface area contributed by atoms with Crippen molar-refractivity contribution in [3.63, 3.8) is 0 Å². The summed E-state index contributed by atoms with van der Waals surface area (Å²) in [5.74, 6) is 0.709. The molecule has 5 nitrogen and oxygen atoms in total. The largest absolute Gasteiger partial charge is 0.310 e. The first-order valence-electron chi connectivity index (χ1n) is 7.57. The van der Waals surface area contributed by atoms with Crippen molar-refractivity contribution in [3.8, 4) is 0 Å². The number of carbonyl (C=O) groups is 1. The highest BCUT2D eigenvalue weighted by molar-refractivity contribution is 5.93. The van der Waals surface area contributed by atoms with E-state index in [4.69, 9.17) is 0 Å². The lowest BCUT2D eigenvalue weighted by Crippen LogP contribution is -2.39. The molecule has 0 spiro atoms. The van der Waals surface area contributed by atoms with Crippen LogP contribution in [0.15, 0.2) is 42.6 Å². The van der Waals surface area contributed by atoms with Gasteiger partial charge in [0.05, 0.1) is 12.2 Å². The summed E-state index contributed by atoms with van der Waals surface area (Å²) in [5, 5.41) is 7.19. The lowest BCUT2D eigenvalue weighted by Gasteiger charge is -2.24. The van der Waals surface area contributed by atoms with E-state index in [1.807, 2.05) is 61.7 Å². The van der Waals surface area contributed by atoms with Crippen molar-refractivity contribution in [2.24, 2.45) is 0 Å². The van der Waals surface area contributed by atoms with E-state index < -0.39 is 0 Å². The molecule has 1 aromatic carbocycles. The van der Waals surface area contributed by atoms with Gasteiger partial charge in [-0.1, -0.05) is 30.3 Å². The Hall–Kier alpha value is -2.14. The van der Waals surface area contributed by atoms with E-state index >= 15 is 0 Å². The van der Waals surface area contributed by atoms with Crippen LogP contribution in [0, 0.1) is 0 Å². The van der Waals surface area contributed by atoms with Gasteiger partial charge in [-0.15, -0.1) is 0 Å². The van der Waals surface area contributed by atoms with Crippen molar-refractivity contribution in [1.29, 1.82) is 0 Å². The number of carbonyl (C=O) groups excluding carboxylic acids is 1. The van der Waals surface area contributed by atoms with Crippen LogP contribution in [0.2, 0.25) is 0 Å². The first-order valence-corrected chi connectivity index (χ1v) is 7.57. The predicted octanol–water partition coefficient (Wildman–Crippen LogP) is 2.92. The second kappa shape index (κ2) is 7.22. The number of anilines is 1. The SMILES string of the molecule is CC(C)n1nccc1NC(=O)[C@H](C)N(C)Cc1ccccc1. The Morgan fingerprint density at radius 2 is 1.91 bits per heavy atom. The number of benzene rings is 1. The number of likely N-dealkylation sites (N-methyl/N-ethyl adjacent to an activating group) is 1. The second-order valence-electron chi connectivity index (χ2n) is 5.82. The zero-order valence-electron chi connectivity index (χ0n) is 13.7. The summed E-state index contributed by atoms with van der Waals surface area (Å²) in [5.41, 5.74) is 1.19. The lowest BCUT2D eigenvalue weighted by molar-refractivity contribution is -0.120. The van der Waals surface area contributed by atoms with E-state index in [1.165, 1.54) is 5.56 Å². The zero-order valence-corrected chi connectivity index (χ0v) is 13.7. The summed E-state index contributed by atoms with van der Waals surface area (Å²) in [6.45, 7) is 6.72. The third-order valence-corrected chi connectivity index (χ3v) is 3.73. The molecular weight excluding hydrogens is 276 g/mol. The fourth-order valence-corrected chi connectivity index (χ4v) is 2.26. The highest BCUT2D eigenvalue weighted by Crippen LogP contribution is 2.14. The van der Waals surface area contributed by atoms with E-state index in [0.29, 0.717) is 0 Å². The molecule has 0 bridgehead atoms. The molecule has 0 saturated carbocycles. The minimum atomic E-state index is -0.226. The van der Waals surface area contributed by atoms with E-state index in [-0.39, 0.29) is 18.0 Å². The summed E-state index contributed by atoms with van der Waals surface area (Å²) in [6.07, 6.45) is 1.70. The summed E-state index contributed by atoms with van der Waals surface area (Å²) < 4.78 is 1.81. The second-order valence-corrected chi connectivity index (χ2v) is 5.82. The number of rotatable bonds is 6. The Balaban J connectivity index is 1.98. The maximum Gasteiger partial charge on any atom is 0.242 e. The van der Waals surface area contributed by atoms with Crippen LogP contribution in [0.25, 0.3) is 0 Å². The molecule has 118 valence electrons.